The number of nitrogens with zero attached hydrogens (tertiary/aromatic N) is 1. The quantitative estimate of drug-likeness (QED) is 0.879. The third-order valence-corrected chi connectivity index (χ3v) is 4.22. The Morgan fingerprint density at radius 3 is 2.90 bits per heavy atom. The molecule has 0 saturated carbocycles. The van der Waals surface area contributed by atoms with E-state index in [2.05, 4.69) is 17.3 Å². The normalized spacial score (nSPS) is 19.9. The molecular weight excluding hydrogens is 250 g/mol. The van der Waals surface area contributed by atoms with Crippen LogP contribution in [0.5, 0.6) is 0 Å². The summed E-state index contributed by atoms with van der Waals surface area (Å²) in [4.78, 5) is 13.6. The average molecular weight is 275 g/mol. The van der Waals surface area contributed by atoms with Gasteiger partial charge in [0.15, 0.2) is 0 Å². The standard InChI is InChI=1S/C16H25N3O/c1-12-10-13(16(17)20)5-6-14(12)11-19(2)15-4-3-8-18-9-7-15/h5-6,10,15,18H,3-4,7-9,11H2,1-2H3,(H2,17,20). The summed E-state index contributed by atoms with van der Waals surface area (Å²) in [6, 6.07) is 6.38. The molecule has 1 aromatic rings. The van der Waals surface area contributed by atoms with Crippen LogP contribution in [0, 0.1) is 6.92 Å². The number of benzene rings is 1. The molecule has 1 aliphatic rings. The summed E-state index contributed by atoms with van der Waals surface area (Å²) in [5.41, 5.74) is 8.31. The van der Waals surface area contributed by atoms with E-state index >= 15 is 0 Å². The molecule has 2 rings (SSSR count). The molecule has 4 nitrogen and oxygen atoms in total. The third kappa shape index (κ3) is 3.81. The fourth-order valence-corrected chi connectivity index (χ4v) is 2.87. The fraction of sp³-hybridized carbons (Fsp3) is 0.562. The molecule has 1 unspecified atom stereocenters. The van der Waals surface area contributed by atoms with E-state index in [9.17, 15) is 4.79 Å². The van der Waals surface area contributed by atoms with Gasteiger partial charge in [-0.3, -0.25) is 9.69 Å². The van der Waals surface area contributed by atoms with Crippen LogP contribution in [0.25, 0.3) is 0 Å². The summed E-state index contributed by atoms with van der Waals surface area (Å²) < 4.78 is 0. The lowest BCUT2D eigenvalue weighted by Gasteiger charge is -2.27. The van der Waals surface area contributed by atoms with Gasteiger partial charge in [0.1, 0.15) is 0 Å². The highest BCUT2D eigenvalue weighted by molar-refractivity contribution is 5.93. The summed E-state index contributed by atoms with van der Waals surface area (Å²) in [6.45, 7) is 5.21. The number of hydrogen-bond donors (Lipinski definition) is 2. The Bertz CT molecular complexity index is 465. The van der Waals surface area contributed by atoms with E-state index in [1.165, 1.54) is 24.8 Å². The van der Waals surface area contributed by atoms with Crippen LogP contribution < -0.4 is 11.1 Å². The predicted molar refractivity (Wildman–Crippen MR) is 81.7 cm³/mol. The third-order valence-electron chi connectivity index (χ3n) is 4.22. The maximum Gasteiger partial charge on any atom is 0.248 e. The SMILES string of the molecule is Cc1cc(C(N)=O)ccc1CN(C)C1CCCNCC1. The zero-order valence-electron chi connectivity index (χ0n) is 12.5. The van der Waals surface area contributed by atoms with E-state index in [-0.39, 0.29) is 5.91 Å². The van der Waals surface area contributed by atoms with Gasteiger partial charge in [0, 0.05) is 18.2 Å². The van der Waals surface area contributed by atoms with Gasteiger partial charge in [-0.05, 0) is 69.6 Å². The minimum atomic E-state index is -0.358. The molecule has 1 saturated heterocycles. The van der Waals surface area contributed by atoms with Crippen LogP contribution in [-0.4, -0.2) is 37.0 Å². The first-order chi connectivity index (χ1) is 9.58. The molecule has 1 atom stereocenters. The monoisotopic (exact) mass is 275 g/mol. The lowest BCUT2D eigenvalue weighted by molar-refractivity contribution is 0.1000. The molecule has 4 heteroatoms. The second kappa shape index (κ2) is 6.86. The minimum Gasteiger partial charge on any atom is -0.366 e. The first-order valence-electron chi connectivity index (χ1n) is 7.38. The molecule has 3 N–H and O–H groups in total. The van der Waals surface area contributed by atoms with Crippen LogP contribution in [0.1, 0.15) is 40.7 Å². The van der Waals surface area contributed by atoms with E-state index in [0.29, 0.717) is 11.6 Å². The van der Waals surface area contributed by atoms with Crippen molar-refractivity contribution < 1.29 is 4.79 Å². The zero-order chi connectivity index (χ0) is 14.5. The first kappa shape index (κ1) is 15.0. The number of carbonyl (C=O) groups excluding carboxylic acids is 1. The van der Waals surface area contributed by atoms with Crippen molar-refractivity contribution >= 4 is 5.91 Å². The van der Waals surface area contributed by atoms with E-state index in [0.717, 1.165) is 25.2 Å². The van der Waals surface area contributed by atoms with E-state index in [1.807, 2.05) is 25.1 Å². The number of aryl methyl sites for hydroxylation is 1. The molecule has 0 bridgehead atoms. The molecule has 1 aliphatic heterocycles. The Balaban J connectivity index is 2.03. The highest BCUT2D eigenvalue weighted by Crippen LogP contribution is 2.18. The summed E-state index contributed by atoms with van der Waals surface area (Å²) >= 11 is 0. The van der Waals surface area contributed by atoms with Crippen molar-refractivity contribution in [2.24, 2.45) is 5.73 Å². The van der Waals surface area contributed by atoms with E-state index in [4.69, 9.17) is 5.73 Å². The topological polar surface area (TPSA) is 58.4 Å². The Morgan fingerprint density at radius 2 is 2.20 bits per heavy atom. The second-order valence-corrected chi connectivity index (χ2v) is 5.76. The predicted octanol–water partition coefficient (Wildman–Crippen LogP) is 1.67. The molecule has 1 aromatic carbocycles. The smallest absolute Gasteiger partial charge is 0.248 e. The van der Waals surface area contributed by atoms with Gasteiger partial charge in [-0.1, -0.05) is 6.07 Å². The van der Waals surface area contributed by atoms with Gasteiger partial charge in [-0.25, -0.2) is 0 Å². The van der Waals surface area contributed by atoms with Gasteiger partial charge in [0.2, 0.25) is 5.91 Å². The highest BCUT2D eigenvalue weighted by atomic mass is 16.1. The average Bonchev–Trinajstić information content (AvgIpc) is 2.69. The molecule has 0 spiro atoms. The number of nitrogens with two attached hydrogens (primary N) is 1. The van der Waals surface area contributed by atoms with Crippen LogP contribution in [0.2, 0.25) is 0 Å². The van der Waals surface area contributed by atoms with Gasteiger partial charge in [-0.2, -0.15) is 0 Å². The largest absolute Gasteiger partial charge is 0.366 e. The molecule has 1 heterocycles. The number of nitrogens with one attached hydrogen (secondary N) is 1. The summed E-state index contributed by atoms with van der Waals surface area (Å²) in [5, 5.41) is 3.45. The van der Waals surface area contributed by atoms with E-state index < -0.39 is 0 Å². The summed E-state index contributed by atoms with van der Waals surface area (Å²) in [7, 11) is 2.19. The zero-order valence-corrected chi connectivity index (χ0v) is 12.5. The van der Waals surface area contributed by atoms with Crippen LogP contribution in [0.4, 0.5) is 0 Å². The highest BCUT2D eigenvalue weighted by Gasteiger charge is 2.17. The van der Waals surface area contributed by atoms with Crippen molar-refractivity contribution in [2.75, 3.05) is 20.1 Å². The Morgan fingerprint density at radius 1 is 1.40 bits per heavy atom. The number of hydrogen-bond acceptors (Lipinski definition) is 3. The van der Waals surface area contributed by atoms with Gasteiger partial charge in [-0.15, -0.1) is 0 Å². The van der Waals surface area contributed by atoms with Crippen molar-refractivity contribution in [1.82, 2.24) is 10.2 Å². The maximum absolute atomic E-state index is 11.2. The molecule has 1 amide bonds. The number of amides is 1. The lowest BCUT2D eigenvalue weighted by atomic mass is 10.0. The minimum absolute atomic E-state index is 0.358. The van der Waals surface area contributed by atoms with Gasteiger partial charge in [0.05, 0.1) is 0 Å². The van der Waals surface area contributed by atoms with Crippen molar-refractivity contribution in [3.05, 3.63) is 34.9 Å². The van der Waals surface area contributed by atoms with Gasteiger partial charge < -0.3 is 11.1 Å². The molecule has 110 valence electrons. The Labute approximate surface area is 121 Å². The molecule has 0 aliphatic carbocycles. The Kier molecular flexibility index (Phi) is 5.15. The molecule has 1 fully saturated rings. The van der Waals surface area contributed by atoms with Crippen LogP contribution in [0.15, 0.2) is 18.2 Å². The number of primary amides is 1. The van der Waals surface area contributed by atoms with Gasteiger partial charge in [0.25, 0.3) is 0 Å². The van der Waals surface area contributed by atoms with Crippen LogP contribution >= 0.6 is 0 Å². The van der Waals surface area contributed by atoms with Crippen molar-refractivity contribution in [3.63, 3.8) is 0 Å². The molecule has 0 aromatic heterocycles. The van der Waals surface area contributed by atoms with Crippen LogP contribution in [-0.2, 0) is 6.54 Å². The second-order valence-electron chi connectivity index (χ2n) is 5.76. The van der Waals surface area contributed by atoms with Crippen LogP contribution in [0.3, 0.4) is 0 Å². The molecular formula is C16H25N3O. The van der Waals surface area contributed by atoms with Gasteiger partial charge >= 0.3 is 0 Å². The maximum atomic E-state index is 11.2. The summed E-state index contributed by atoms with van der Waals surface area (Å²) in [6.07, 6.45) is 3.70. The lowest BCUT2D eigenvalue weighted by Crippen LogP contribution is -2.32. The molecule has 0 radical (unpaired) electrons. The first-order valence-corrected chi connectivity index (χ1v) is 7.38. The number of carbonyl (C=O) groups is 1. The van der Waals surface area contributed by atoms with Crippen molar-refractivity contribution in [3.8, 4) is 0 Å². The number of rotatable bonds is 4. The molecule has 20 heavy (non-hydrogen) atoms. The van der Waals surface area contributed by atoms with Crippen molar-refractivity contribution in [1.29, 1.82) is 0 Å². The summed E-state index contributed by atoms with van der Waals surface area (Å²) in [5.74, 6) is -0.358. The van der Waals surface area contributed by atoms with E-state index in [1.54, 1.807) is 0 Å². The fourth-order valence-electron chi connectivity index (χ4n) is 2.87. The Hall–Kier alpha value is -1.39. The van der Waals surface area contributed by atoms with Crippen molar-refractivity contribution in [2.45, 2.75) is 38.8 Å².